The van der Waals surface area contributed by atoms with Crippen LogP contribution in [0.2, 0.25) is 1.41 Å². The van der Waals surface area contributed by atoms with E-state index in [0.29, 0.717) is 4.57 Å². The van der Waals surface area contributed by atoms with Gasteiger partial charge in [-0.2, -0.15) is 4.98 Å². The molecule has 132 valence electrons. The van der Waals surface area contributed by atoms with Gasteiger partial charge in [-0.25, -0.2) is 0 Å². The third-order valence-corrected chi connectivity index (χ3v) is 4.07. The zero-order valence-electron chi connectivity index (χ0n) is 28.7. The normalized spacial score (nSPS) is 22.8. The Morgan fingerprint density at radius 3 is 3.15 bits per heavy atom. The number of hydrogen-bond donors (Lipinski definition) is 1. The molecule has 0 aliphatic heterocycles. The van der Waals surface area contributed by atoms with Crippen LogP contribution in [0, 0.1) is 6.85 Å². The molecule has 0 saturated heterocycles. The van der Waals surface area contributed by atoms with Crippen LogP contribution >= 0.6 is 0 Å². The lowest BCUT2D eigenvalue weighted by Gasteiger charge is -2.10. The Balaban J connectivity index is 1.96. The lowest BCUT2D eigenvalue weighted by Crippen LogP contribution is -2.10. The molecule has 4 aromatic rings. The van der Waals surface area contributed by atoms with Gasteiger partial charge in [0.25, 0.3) is 0 Å². The van der Waals surface area contributed by atoms with Crippen molar-refractivity contribution in [2.75, 3.05) is 7.04 Å². The summed E-state index contributed by atoms with van der Waals surface area (Å²) in [5, 5.41) is -0.943. The van der Waals surface area contributed by atoms with E-state index in [0.717, 1.165) is 12.3 Å². The number of imidazole rings is 1. The first kappa shape index (κ1) is 6.44. The first-order valence-electron chi connectivity index (χ1n) is 14.8. The average Bonchev–Trinajstić information content (AvgIpc) is 3.31. The zero-order chi connectivity index (χ0) is 31.9. The molecule has 0 amide bonds. The van der Waals surface area contributed by atoms with Crippen molar-refractivity contribution in [1.29, 1.82) is 0 Å². The van der Waals surface area contributed by atoms with E-state index in [9.17, 15) is 4.55 Å². The van der Waals surface area contributed by atoms with Crippen LogP contribution in [0.4, 0.5) is 0 Å². The highest BCUT2D eigenvalue weighted by Gasteiger charge is 2.20. The number of methoxy groups -OCH3 is 1. The predicted octanol–water partition coefficient (Wildman–Crippen LogP) is 3.37. The summed E-state index contributed by atoms with van der Waals surface area (Å²) in [5.41, 5.74) is -7.05. The number of aromatic amines is 1. The molecule has 3 heterocycles. The first-order chi connectivity index (χ1) is 19.1. The second-order valence-electron chi connectivity index (χ2n) is 4.74. The van der Waals surface area contributed by atoms with E-state index in [1.54, 1.807) is 0 Å². The molecule has 0 aliphatic carbocycles. The Morgan fingerprint density at radius 2 is 2.35 bits per heavy atom. The van der Waals surface area contributed by atoms with Crippen LogP contribution in [0.15, 0.2) is 60.0 Å². The topological polar surface area (TPSA) is 78.8 Å². The summed E-state index contributed by atoms with van der Waals surface area (Å²) in [7, 11) is -3.14. The summed E-state index contributed by atoms with van der Waals surface area (Å²) in [6, 6.07) is -2.87. The molecule has 1 aromatic carbocycles. The van der Waals surface area contributed by atoms with Gasteiger partial charge in [0.2, 0.25) is 0 Å². The molecular formula is C19H18N4O2S. The van der Waals surface area contributed by atoms with Crippen LogP contribution in [0.25, 0.3) is 16.7 Å². The van der Waals surface area contributed by atoms with Gasteiger partial charge >= 0.3 is 5.16 Å². The van der Waals surface area contributed by atoms with Gasteiger partial charge < -0.3 is 13.9 Å². The van der Waals surface area contributed by atoms with Crippen molar-refractivity contribution in [1.82, 2.24) is 19.5 Å². The van der Waals surface area contributed by atoms with Crippen molar-refractivity contribution in [3.05, 3.63) is 66.1 Å². The summed E-state index contributed by atoms with van der Waals surface area (Å²) in [5.74, 6) is -0.780. The summed E-state index contributed by atoms with van der Waals surface area (Å²) < 4.78 is 147. The van der Waals surface area contributed by atoms with Gasteiger partial charge in [-0.05, 0) is 43.1 Å². The standard InChI is InChI=1S/C19H18N4O2S/c1-13-17(20-8-7-18(13)25-2)12-26(24)19-21-15-6-5-14(11-16(15)22-19)23-9-3-4-10-23/h3-11H,12H2,1-2H3,(H,21,22)/i1D3,2D3,3D,4D,5D,6D,9D,10D,11D,12D2/hD. The number of H-pyrrole nitrogens is 1. The SMILES string of the molecule is [2H]c1c(-n2c([2H])c([2H])c([2H])c2[2H])c([2H])c2nc([S+]([O-])C([2H])([2H])c3nccc(OC([2H])([2H])[2H])c3C([2H])([2H])[2H])n([2H])c2c1[2H]. The summed E-state index contributed by atoms with van der Waals surface area (Å²) in [6.45, 7) is -3.22. The second-order valence-corrected chi connectivity index (χ2v) is 5.85. The van der Waals surface area contributed by atoms with Crippen molar-refractivity contribution in [3.8, 4) is 11.4 Å². The fourth-order valence-corrected chi connectivity index (χ4v) is 2.77. The number of aromatic nitrogens is 4. The van der Waals surface area contributed by atoms with Gasteiger partial charge in [-0.1, -0.05) is 0 Å². The number of nitrogens with zero attached hydrogens (tertiary/aromatic N) is 3. The minimum atomic E-state index is -3.28. The van der Waals surface area contributed by atoms with Crippen molar-refractivity contribution in [3.63, 3.8) is 0 Å². The molecule has 0 fully saturated rings. The Hall–Kier alpha value is -2.77. The Labute approximate surface area is 176 Å². The molecule has 0 bridgehead atoms. The number of hydrogen-bond acceptors (Lipinski definition) is 4. The smallest absolute Gasteiger partial charge is 0.322 e. The lowest BCUT2D eigenvalue weighted by atomic mass is 10.2. The van der Waals surface area contributed by atoms with Crippen LogP contribution in [0.5, 0.6) is 5.75 Å². The molecule has 3 aromatic heterocycles. The predicted molar refractivity (Wildman–Crippen MR) is 101 cm³/mol. The Morgan fingerprint density at radius 1 is 1.46 bits per heavy atom. The number of nitrogens with one attached hydrogen (secondary N) is 1. The Kier molecular flexibility index (Phi) is 1.70. The van der Waals surface area contributed by atoms with Crippen LogP contribution in [0.3, 0.4) is 0 Å². The van der Waals surface area contributed by atoms with Crippen LogP contribution in [-0.2, 0) is 16.9 Å². The highest BCUT2D eigenvalue weighted by Crippen LogP contribution is 2.24. The van der Waals surface area contributed by atoms with E-state index in [2.05, 4.69) is 9.97 Å². The minimum Gasteiger partial charge on any atom is -0.609 e. The molecule has 1 unspecified atom stereocenters. The third-order valence-electron chi connectivity index (χ3n) is 3.17. The summed E-state index contributed by atoms with van der Waals surface area (Å²) in [6.07, 6.45) is -0.640. The van der Waals surface area contributed by atoms with Crippen molar-refractivity contribution in [2.24, 2.45) is 0 Å². The van der Waals surface area contributed by atoms with Gasteiger partial charge in [0.1, 0.15) is 5.75 Å². The third kappa shape index (κ3) is 3.07. The highest BCUT2D eigenvalue weighted by atomic mass is 32.2. The van der Waals surface area contributed by atoms with Gasteiger partial charge in [0.05, 0.1) is 40.2 Å². The maximum atomic E-state index is 13.6. The van der Waals surface area contributed by atoms with Gasteiger partial charge in [0.15, 0.2) is 7.12 Å². The largest absolute Gasteiger partial charge is 0.609 e. The Bertz CT molecular complexity index is 1700. The van der Waals surface area contributed by atoms with E-state index in [1.807, 2.05) is 0 Å². The van der Waals surface area contributed by atoms with Crippen molar-refractivity contribution < 1.29 is 31.3 Å². The lowest BCUT2D eigenvalue weighted by molar-refractivity contribution is 0.410. The second kappa shape index (κ2) is 6.86. The minimum absolute atomic E-state index is 0.216. The number of ether oxygens (including phenoxy) is 1. The quantitative estimate of drug-likeness (QED) is 0.537. The van der Waals surface area contributed by atoms with Gasteiger partial charge in [-0.15, -0.1) is 0 Å². The number of pyridine rings is 1. The summed E-state index contributed by atoms with van der Waals surface area (Å²) in [4.78, 5) is 7.79. The van der Waals surface area contributed by atoms with E-state index in [-0.39, 0.29) is 4.98 Å². The fourth-order valence-electron chi connectivity index (χ4n) is 2.00. The van der Waals surface area contributed by atoms with Crippen molar-refractivity contribution >= 4 is 22.2 Å². The zero-order valence-corrected chi connectivity index (χ0v) is 13.5. The van der Waals surface area contributed by atoms with E-state index < -0.39 is 112 Å². The summed E-state index contributed by atoms with van der Waals surface area (Å²) >= 11 is -3.13. The monoisotopic (exact) mass is 382 g/mol. The van der Waals surface area contributed by atoms with E-state index >= 15 is 0 Å². The van der Waals surface area contributed by atoms with Crippen LogP contribution in [0.1, 0.15) is 31.8 Å². The van der Waals surface area contributed by atoms with Crippen LogP contribution < -0.4 is 4.74 Å². The molecular weight excluding hydrogens is 348 g/mol. The van der Waals surface area contributed by atoms with Gasteiger partial charge in [-0.3, -0.25) is 9.96 Å². The maximum Gasteiger partial charge on any atom is 0.322 e. The molecule has 1 atom stereocenters. The van der Waals surface area contributed by atoms with Crippen LogP contribution in [-0.4, -0.2) is 31.1 Å². The molecule has 26 heavy (non-hydrogen) atoms. The highest BCUT2D eigenvalue weighted by molar-refractivity contribution is 7.90. The molecule has 1 N–H and O–H groups in total. The van der Waals surface area contributed by atoms with Crippen molar-refractivity contribution in [2.45, 2.75) is 17.7 Å². The molecule has 0 saturated carbocycles. The number of fused-ring (bicyclic) bond motifs is 1. The molecule has 0 spiro atoms. The number of benzene rings is 1. The molecule has 7 heteroatoms. The fraction of sp³-hybridized carbons (Fsp3) is 0.158. The van der Waals surface area contributed by atoms with E-state index in [4.69, 9.17) is 26.7 Å². The number of rotatable bonds is 5. The molecule has 0 radical (unpaired) electrons. The molecule has 0 aliphatic rings. The van der Waals surface area contributed by atoms with Gasteiger partial charge in [0, 0.05) is 45.1 Å². The molecule has 4 rings (SSSR count). The maximum absolute atomic E-state index is 13.6. The first-order valence-corrected chi connectivity index (χ1v) is 8.05. The average molecular weight is 383 g/mol. The molecule has 6 nitrogen and oxygen atoms in total. The van der Waals surface area contributed by atoms with E-state index in [1.165, 1.54) is 0 Å².